The third kappa shape index (κ3) is 7.23. The SMILES string of the molecule is CC[C@@H](Nc1cc(F)c(C(=O)N[C@@H](Cc2ccc(-c3c(C(F)(F)F)cc(C)n(C)c3=O)c3ccccc23)C(=O)O)c(F)c1)C(F)(F)F. The molecule has 0 radical (unpaired) electrons. The number of carbonyl (C=O) groups is 2. The van der Waals surface area contributed by atoms with Crippen LogP contribution in [0.2, 0.25) is 0 Å². The molecule has 0 saturated heterocycles. The number of hydrogen-bond acceptors (Lipinski definition) is 4. The smallest absolute Gasteiger partial charge is 0.417 e. The first-order valence-corrected chi connectivity index (χ1v) is 14.0. The van der Waals surface area contributed by atoms with E-state index in [-0.39, 0.29) is 27.6 Å². The van der Waals surface area contributed by atoms with Gasteiger partial charge in [0.2, 0.25) is 0 Å². The second-order valence-electron chi connectivity index (χ2n) is 10.8. The van der Waals surface area contributed by atoms with Gasteiger partial charge in [0.25, 0.3) is 11.5 Å². The Balaban J connectivity index is 1.70. The van der Waals surface area contributed by atoms with Crippen molar-refractivity contribution < 1.29 is 49.8 Å². The molecule has 4 aromatic rings. The summed E-state index contributed by atoms with van der Waals surface area (Å²) in [7, 11) is 1.32. The Morgan fingerprint density at radius 2 is 1.53 bits per heavy atom. The van der Waals surface area contributed by atoms with Crippen molar-refractivity contribution in [2.24, 2.45) is 7.05 Å². The Kier molecular flexibility index (Phi) is 9.69. The number of carbonyl (C=O) groups excluding carboxylic acids is 1. The predicted octanol–water partition coefficient (Wildman–Crippen LogP) is 6.99. The number of amides is 1. The Bertz CT molecular complexity index is 1890. The molecule has 2 atom stereocenters. The molecule has 0 spiro atoms. The van der Waals surface area contributed by atoms with Crippen LogP contribution in [0.25, 0.3) is 21.9 Å². The molecule has 0 aliphatic carbocycles. The van der Waals surface area contributed by atoms with Gasteiger partial charge >= 0.3 is 18.3 Å². The summed E-state index contributed by atoms with van der Waals surface area (Å²) in [6.07, 6.45) is -10.6. The average Bonchev–Trinajstić information content (AvgIpc) is 2.97. The number of carboxylic acids is 1. The van der Waals surface area contributed by atoms with Crippen LogP contribution in [0.4, 0.5) is 40.8 Å². The van der Waals surface area contributed by atoms with Crippen molar-refractivity contribution in [2.45, 2.75) is 51.1 Å². The summed E-state index contributed by atoms with van der Waals surface area (Å²) in [5, 5.41) is 14.2. The number of aryl methyl sites for hydroxylation is 1. The van der Waals surface area contributed by atoms with Crippen molar-refractivity contribution in [1.82, 2.24) is 9.88 Å². The van der Waals surface area contributed by atoms with Crippen molar-refractivity contribution in [3.05, 3.63) is 99.0 Å². The first kappa shape index (κ1) is 34.9. The lowest BCUT2D eigenvalue weighted by atomic mass is 9.90. The van der Waals surface area contributed by atoms with Gasteiger partial charge in [-0.1, -0.05) is 43.3 Å². The highest BCUT2D eigenvalue weighted by Gasteiger charge is 2.39. The van der Waals surface area contributed by atoms with Crippen molar-refractivity contribution in [2.75, 3.05) is 5.32 Å². The number of anilines is 1. The average molecular weight is 670 g/mol. The number of halogens is 8. The van der Waals surface area contributed by atoms with Crippen LogP contribution in [0.5, 0.6) is 0 Å². The Labute approximate surface area is 261 Å². The fourth-order valence-corrected chi connectivity index (χ4v) is 5.20. The van der Waals surface area contributed by atoms with E-state index in [1.807, 2.05) is 10.6 Å². The quantitative estimate of drug-likeness (QED) is 0.167. The molecule has 4 rings (SSSR count). The highest BCUT2D eigenvalue weighted by atomic mass is 19.4. The highest BCUT2D eigenvalue weighted by Crippen LogP contribution is 2.39. The monoisotopic (exact) mass is 669 g/mol. The van der Waals surface area contributed by atoms with Crippen LogP contribution in [0.15, 0.2) is 59.4 Å². The molecule has 7 nitrogen and oxygen atoms in total. The molecule has 47 heavy (non-hydrogen) atoms. The topological polar surface area (TPSA) is 100 Å². The zero-order valence-electron chi connectivity index (χ0n) is 24.9. The van der Waals surface area contributed by atoms with E-state index >= 15 is 0 Å². The lowest BCUT2D eigenvalue weighted by Crippen LogP contribution is -2.43. The number of fused-ring (bicyclic) bond motifs is 1. The maximum absolute atomic E-state index is 14.8. The minimum absolute atomic E-state index is 0.0669. The molecular formula is C32H27F8N3O4. The fraction of sp³-hybridized carbons (Fsp3) is 0.281. The van der Waals surface area contributed by atoms with Gasteiger partial charge in [0, 0.05) is 24.8 Å². The summed E-state index contributed by atoms with van der Waals surface area (Å²) in [5.41, 5.74) is -4.36. The largest absolute Gasteiger partial charge is 0.480 e. The summed E-state index contributed by atoms with van der Waals surface area (Å²) in [4.78, 5) is 38.1. The Morgan fingerprint density at radius 3 is 2.06 bits per heavy atom. The van der Waals surface area contributed by atoms with Crippen LogP contribution in [0.3, 0.4) is 0 Å². The Morgan fingerprint density at radius 1 is 0.936 bits per heavy atom. The standard InChI is InChI=1S/C32H27F8N3O4/c1-4-25(32(38,39)40)41-17-13-22(33)27(23(34)14-17)28(44)42-24(30(46)47)12-16-9-10-20(19-8-6-5-7-18(16)19)26-21(31(35,36)37)11-15(2)43(3)29(26)45/h5-11,13-14,24-25,41H,4,12H2,1-3H3,(H,42,44)(H,46,47)/t24-,25+/m0/s1. The maximum Gasteiger partial charge on any atom is 0.417 e. The van der Waals surface area contributed by atoms with E-state index in [2.05, 4.69) is 0 Å². The van der Waals surface area contributed by atoms with Crippen molar-refractivity contribution >= 4 is 28.3 Å². The van der Waals surface area contributed by atoms with Crippen molar-refractivity contribution in [3.63, 3.8) is 0 Å². The molecule has 0 aliphatic heterocycles. The maximum atomic E-state index is 14.8. The van der Waals surface area contributed by atoms with E-state index in [0.717, 1.165) is 10.6 Å². The first-order chi connectivity index (χ1) is 21.8. The van der Waals surface area contributed by atoms with E-state index in [0.29, 0.717) is 12.1 Å². The summed E-state index contributed by atoms with van der Waals surface area (Å²) in [6, 6.07) is 6.26. The van der Waals surface area contributed by atoms with Crippen LogP contribution in [0, 0.1) is 18.6 Å². The second-order valence-corrected chi connectivity index (χ2v) is 10.8. The van der Waals surface area contributed by atoms with Gasteiger partial charge in [0.1, 0.15) is 29.3 Å². The molecule has 1 amide bonds. The summed E-state index contributed by atoms with van der Waals surface area (Å²) in [6.45, 7) is 2.55. The number of aromatic nitrogens is 1. The van der Waals surface area contributed by atoms with Crippen molar-refractivity contribution in [1.29, 1.82) is 0 Å². The number of aliphatic carboxylic acids is 1. The number of nitrogens with one attached hydrogen (secondary N) is 2. The van der Waals surface area contributed by atoms with Crippen LogP contribution in [-0.4, -0.2) is 39.8 Å². The molecule has 0 bridgehead atoms. The van der Waals surface area contributed by atoms with Gasteiger partial charge in [-0.2, -0.15) is 26.3 Å². The lowest BCUT2D eigenvalue weighted by molar-refractivity contribution is -0.143. The number of rotatable bonds is 9. The van der Waals surface area contributed by atoms with Crippen LogP contribution in [-0.2, 0) is 24.4 Å². The van der Waals surface area contributed by atoms with Gasteiger partial charge < -0.3 is 20.3 Å². The van der Waals surface area contributed by atoms with Gasteiger partial charge in [-0.15, -0.1) is 0 Å². The number of nitrogens with zero attached hydrogens (tertiary/aromatic N) is 1. The molecule has 0 unspecified atom stereocenters. The molecule has 15 heteroatoms. The van der Waals surface area contributed by atoms with Gasteiger partial charge in [-0.3, -0.25) is 9.59 Å². The molecule has 0 saturated carbocycles. The Hall–Kier alpha value is -4.95. The lowest BCUT2D eigenvalue weighted by Gasteiger charge is -2.22. The van der Waals surface area contributed by atoms with Crippen LogP contribution >= 0.6 is 0 Å². The summed E-state index contributed by atoms with van der Waals surface area (Å²) in [5.74, 6) is -6.25. The van der Waals surface area contributed by atoms with Gasteiger partial charge in [0.15, 0.2) is 0 Å². The zero-order valence-corrected chi connectivity index (χ0v) is 24.9. The zero-order chi connectivity index (χ0) is 35.0. The van der Waals surface area contributed by atoms with Crippen LogP contribution in [0.1, 0.15) is 40.5 Å². The normalized spacial score (nSPS) is 13.3. The summed E-state index contributed by atoms with van der Waals surface area (Å²) >= 11 is 0. The molecule has 3 aromatic carbocycles. The third-order valence-corrected chi connectivity index (χ3v) is 7.70. The molecule has 0 aliphatic rings. The van der Waals surface area contributed by atoms with E-state index in [9.17, 15) is 54.6 Å². The minimum Gasteiger partial charge on any atom is -0.480 e. The van der Waals surface area contributed by atoms with E-state index in [1.165, 1.54) is 57.3 Å². The number of hydrogen-bond donors (Lipinski definition) is 3. The number of alkyl halides is 6. The van der Waals surface area contributed by atoms with E-state index < -0.39 is 88.7 Å². The second kappa shape index (κ2) is 13.0. The van der Waals surface area contributed by atoms with Gasteiger partial charge in [-0.25, -0.2) is 13.6 Å². The first-order valence-electron chi connectivity index (χ1n) is 14.0. The highest BCUT2D eigenvalue weighted by molar-refractivity contribution is 6.00. The fourth-order valence-electron chi connectivity index (χ4n) is 5.20. The number of pyridine rings is 1. The van der Waals surface area contributed by atoms with E-state index in [4.69, 9.17) is 0 Å². The minimum atomic E-state index is -4.89. The third-order valence-electron chi connectivity index (χ3n) is 7.70. The molecule has 1 heterocycles. The molecule has 0 fully saturated rings. The molecular weight excluding hydrogens is 642 g/mol. The van der Waals surface area contributed by atoms with Gasteiger partial charge in [0.05, 0.1) is 11.1 Å². The molecule has 3 N–H and O–H groups in total. The van der Waals surface area contributed by atoms with Gasteiger partial charge in [-0.05, 0) is 53.4 Å². The molecule has 1 aromatic heterocycles. The molecule has 250 valence electrons. The van der Waals surface area contributed by atoms with Crippen LogP contribution < -0.4 is 16.2 Å². The van der Waals surface area contributed by atoms with Crippen molar-refractivity contribution in [3.8, 4) is 11.1 Å². The number of benzene rings is 3. The summed E-state index contributed by atoms with van der Waals surface area (Å²) < 4.78 is 112. The predicted molar refractivity (Wildman–Crippen MR) is 157 cm³/mol. The van der Waals surface area contributed by atoms with E-state index in [1.54, 1.807) is 0 Å². The number of carboxylic acid groups (broad SMARTS) is 1.